The van der Waals surface area contributed by atoms with Crippen LogP contribution in [0.4, 0.5) is 5.69 Å². The van der Waals surface area contributed by atoms with Crippen LogP contribution in [0.5, 0.6) is 0 Å². The maximum atomic E-state index is 8.55. The van der Waals surface area contributed by atoms with Gasteiger partial charge in [0.1, 0.15) is 0 Å². The van der Waals surface area contributed by atoms with Crippen molar-refractivity contribution in [3.05, 3.63) is 34.3 Å². The van der Waals surface area contributed by atoms with Gasteiger partial charge >= 0.3 is 5.69 Å². The zero-order chi connectivity index (χ0) is 8.39. The number of benzene rings is 1. The molecule has 1 aliphatic heterocycles. The van der Waals surface area contributed by atoms with E-state index in [1.54, 1.807) is 0 Å². The van der Waals surface area contributed by atoms with Gasteiger partial charge in [0.05, 0.1) is 0 Å². The van der Waals surface area contributed by atoms with E-state index in [1.165, 1.54) is 11.1 Å². The highest BCUT2D eigenvalue weighted by Crippen LogP contribution is 2.38. The van der Waals surface area contributed by atoms with Gasteiger partial charge in [0.15, 0.2) is 4.98 Å². The smallest absolute Gasteiger partial charge is 0.0890 e. The number of hydrogen-bond donors (Lipinski definition) is 0. The SMILES string of the molecule is N#[N+]c1ccc2c(c1)CSSC2. The average Bonchev–Trinajstić information content (AvgIpc) is 2.17. The molecule has 0 saturated heterocycles. The third-order valence-electron chi connectivity index (χ3n) is 1.82. The molecule has 0 aromatic heterocycles. The molecular formula is C8H7N2S2+. The third kappa shape index (κ3) is 1.43. The molecular weight excluding hydrogens is 188 g/mol. The van der Waals surface area contributed by atoms with E-state index in [-0.39, 0.29) is 0 Å². The lowest BCUT2D eigenvalue weighted by Crippen LogP contribution is -1.93. The molecule has 0 radical (unpaired) electrons. The molecule has 0 spiro atoms. The highest BCUT2D eigenvalue weighted by molar-refractivity contribution is 8.76. The Balaban J connectivity index is 2.44. The first-order chi connectivity index (χ1) is 5.90. The predicted molar refractivity (Wildman–Crippen MR) is 53.8 cm³/mol. The lowest BCUT2D eigenvalue weighted by atomic mass is 10.1. The van der Waals surface area contributed by atoms with Crippen LogP contribution in [0.15, 0.2) is 18.2 Å². The van der Waals surface area contributed by atoms with Gasteiger partial charge in [0.25, 0.3) is 0 Å². The molecule has 0 fully saturated rings. The highest BCUT2D eigenvalue weighted by atomic mass is 33.1. The van der Waals surface area contributed by atoms with Gasteiger partial charge in [-0.2, -0.15) is 0 Å². The average molecular weight is 195 g/mol. The quantitative estimate of drug-likeness (QED) is 0.468. The van der Waals surface area contributed by atoms with Gasteiger partial charge in [0, 0.05) is 23.6 Å². The Morgan fingerprint density at radius 1 is 1.17 bits per heavy atom. The molecule has 0 N–H and O–H groups in total. The standard InChI is InChI=1S/C8H7N2S2/c9-10-8-2-1-6-4-11-12-5-7(6)3-8/h1-3H,4-5H2/q+1. The van der Waals surface area contributed by atoms with Gasteiger partial charge in [-0.1, -0.05) is 21.6 Å². The fourth-order valence-electron chi connectivity index (χ4n) is 1.16. The van der Waals surface area contributed by atoms with E-state index in [0.717, 1.165) is 11.5 Å². The van der Waals surface area contributed by atoms with Crippen molar-refractivity contribution in [3.63, 3.8) is 0 Å². The number of hydrogen-bond acceptors (Lipinski definition) is 3. The zero-order valence-electron chi connectivity index (χ0n) is 6.36. The summed E-state index contributed by atoms with van der Waals surface area (Å²) in [6, 6.07) is 5.83. The van der Waals surface area contributed by atoms with E-state index < -0.39 is 0 Å². The summed E-state index contributed by atoms with van der Waals surface area (Å²) in [5.41, 5.74) is 3.32. The van der Waals surface area contributed by atoms with Crippen LogP contribution in [0, 0.1) is 5.39 Å². The van der Waals surface area contributed by atoms with Crippen molar-refractivity contribution in [2.75, 3.05) is 0 Å². The molecule has 0 unspecified atom stereocenters. The molecule has 1 aromatic rings. The summed E-state index contributed by atoms with van der Waals surface area (Å²) in [6.07, 6.45) is 0. The molecule has 0 aliphatic carbocycles. The van der Waals surface area contributed by atoms with Gasteiger partial charge in [-0.25, -0.2) is 0 Å². The third-order valence-corrected chi connectivity index (χ3v) is 4.05. The summed E-state index contributed by atoms with van der Waals surface area (Å²) in [7, 11) is 3.72. The van der Waals surface area contributed by atoms with Crippen molar-refractivity contribution in [1.82, 2.24) is 0 Å². The summed E-state index contributed by atoms with van der Waals surface area (Å²) >= 11 is 0. The predicted octanol–water partition coefficient (Wildman–Crippen LogP) is 3.57. The maximum Gasteiger partial charge on any atom is 0.385 e. The summed E-state index contributed by atoms with van der Waals surface area (Å²) in [4.78, 5) is 3.16. The second kappa shape index (κ2) is 3.38. The monoisotopic (exact) mass is 195 g/mol. The molecule has 2 nitrogen and oxygen atoms in total. The first-order valence-electron chi connectivity index (χ1n) is 3.61. The Morgan fingerprint density at radius 2 is 1.92 bits per heavy atom. The van der Waals surface area contributed by atoms with E-state index in [0.29, 0.717) is 5.69 Å². The van der Waals surface area contributed by atoms with Crippen LogP contribution in [0.2, 0.25) is 0 Å². The fraction of sp³-hybridized carbons (Fsp3) is 0.250. The maximum absolute atomic E-state index is 8.55. The molecule has 1 aliphatic rings. The Labute approximate surface area is 78.8 Å². The Kier molecular flexibility index (Phi) is 2.24. The molecule has 0 atom stereocenters. The molecule has 0 bridgehead atoms. The van der Waals surface area contributed by atoms with Crippen molar-refractivity contribution in [2.45, 2.75) is 11.5 Å². The lowest BCUT2D eigenvalue weighted by molar-refractivity contribution is 1.28. The van der Waals surface area contributed by atoms with Crippen LogP contribution in [-0.4, -0.2) is 0 Å². The van der Waals surface area contributed by atoms with Crippen LogP contribution < -0.4 is 0 Å². The summed E-state index contributed by atoms with van der Waals surface area (Å²) < 4.78 is 0. The molecule has 4 heteroatoms. The summed E-state index contributed by atoms with van der Waals surface area (Å²) in [6.45, 7) is 0. The van der Waals surface area contributed by atoms with Crippen molar-refractivity contribution in [2.24, 2.45) is 0 Å². The van der Waals surface area contributed by atoms with E-state index >= 15 is 0 Å². The zero-order valence-corrected chi connectivity index (χ0v) is 7.99. The van der Waals surface area contributed by atoms with Gasteiger partial charge < -0.3 is 0 Å². The molecule has 12 heavy (non-hydrogen) atoms. The lowest BCUT2D eigenvalue weighted by Gasteiger charge is -2.12. The second-order valence-corrected chi connectivity index (χ2v) is 5.04. The van der Waals surface area contributed by atoms with Gasteiger partial charge in [0.2, 0.25) is 5.39 Å². The topological polar surface area (TPSA) is 28.1 Å². The van der Waals surface area contributed by atoms with Gasteiger partial charge in [-0.15, -0.1) is 0 Å². The molecule has 2 rings (SSSR count). The molecule has 1 heterocycles. The first kappa shape index (κ1) is 7.96. The minimum atomic E-state index is 0.654. The normalized spacial score (nSPS) is 14.9. The largest absolute Gasteiger partial charge is 0.385 e. The molecule has 0 amide bonds. The van der Waals surface area contributed by atoms with E-state index in [4.69, 9.17) is 5.39 Å². The Morgan fingerprint density at radius 3 is 2.67 bits per heavy atom. The molecule has 60 valence electrons. The number of nitrogens with zero attached hydrogens (tertiary/aromatic N) is 2. The minimum Gasteiger partial charge on any atom is -0.0890 e. The van der Waals surface area contributed by atoms with Crippen LogP contribution in [-0.2, 0) is 11.5 Å². The summed E-state index contributed by atoms with van der Waals surface area (Å²) in [5, 5.41) is 8.55. The highest BCUT2D eigenvalue weighted by Gasteiger charge is 2.13. The van der Waals surface area contributed by atoms with E-state index in [2.05, 4.69) is 4.98 Å². The second-order valence-electron chi connectivity index (χ2n) is 2.58. The van der Waals surface area contributed by atoms with Crippen molar-refractivity contribution >= 4 is 27.3 Å². The first-order valence-corrected chi connectivity index (χ1v) is 6.10. The van der Waals surface area contributed by atoms with Crippen molar-refractivity contribution in [1.29, 1.82) is 5.39 Å². The van der Waals surface area contributed by atoms with Crippen LogP contribution in [0.25, 0.3) is 4.98 Å². The summed E-state index contributed by atoms with van der Waals surface area (Å²) in [5.74, 6) is 2.08. The van der Waals surface area contributed by atoms with Crippen molar-refractivity contribution < 1.29 is 0 Å². The molecule has 1 aromatic carbocycles. The van der Waals surface area contributed by atoms with Gasteiger partial charge in [-0.3, -0.25) is 0 Å². The van der Waals surface area contributed by atoms with Crippen LogP contribution >= 0.6 is 21.6 Å². The number of rotatable bonds is 0. The Bertz CT molecular complexity index is 343. The number of fused-ring (bicyclic) bond motifs is 1. The van der Waals surface area contributed by atoms with Gasteiger partial charge in [-0.05, 0) is 17.2 Å². The van der Waals surface area contributed by atoms with Crippen molar-refractivity contribution in [3.8, 4) is 0 Å². The fourth-order valence-corrected chi connectivity index (χ4v) is 3.39. The van der Waals surface area contributed by atoms with E-state index in [9.17, 15) is 0 Å². The minimum absolute atomic E-state index is 0.654. The van der Waals surface area contributed by atoms with Crippen LogP contribution in [0.1, 0.15) is 11.1 Å². The van der Waals surface area contributed by atoms with Crippen LogP contribution in [0.3, 0.4) is 0 Å². The van der Waals surface area contributed by atoms with E-state index in [1.807, 2.05) is 39.8 Å². The number of diazo groups is 1. The molecule has 0 saturated carbocycles. The Hall–Kier alpha value is -0.660.